The molecule has 2 rings (SSSR count). The summed E-state index contributed by atoms with van der Waals surface area (Å²) in [5.74, 6) is 0.822. The minimum Gasteiger partial charge on any atom is -0.329 e. The number of halogens is 2. The normalized spacial score (nSPS) is 20.0. The number of nitrogens with two attached hydrogens (primary N) is 1. The van der Waals surface area contributed by atoms with Gasteiger partial charge in [-0.05, 0) is 55.6 Å². The van der Waals surface area contributed by atoms with Gasteiger partial charge in [0.2, 0.25) is 0 Å². The Morgan fingerprint density at radius 2 is 1.78 bits per heavy atom. The Kier molecular flexibility index (Phi) is 4.91. The van der Waals surface area contributed by atoms with Crippen LogP contribution in [0.4, 0.5) is 0 Å². The average molecular weight is 287 g/mol. The molecular formula is C14H20Cl2N2. The highest BCUT2D eigenvalue weighted by Gasteiger charge is 2.23. The molecule has 100 valence electrons. The topological polar surface area (TPSA) is 29.3 Å². The van der Waals surface area contributed by atoms with Gasteiger partial charge in [0, 0.05) is 22.6 Å². The zero-order chi connectivity index (χ0) is 13.1. The van der Waals surface area contributed by atoms with Gasteiger partial charge < -0.3 is 5.73 Å². The lowest BCUT2D eigenvalue weighted by Crippen LogP contribution is -2.39. The molecule has 0 aliphatic carbocycles. The summed E-state index contributed by atoms with van der Waals surface area (Å²) in [5.41, 5.74) is 7.07. The van der Waals surface area contributed by atoms with Crippen LogP contribution in [-0.2, 0) is 0 Å². The second-order valence-corrected chi connectivity index (χ2v) is 6.05. The minimum absolute atomic E-state index is 0.230. The Labute approximate surface area is 119 Å². The van der Waals surface area contributed by atoms with Crippen molar-refractivity contribution in [1.29, 1.82) is 0 Å². The number of nitrogens with zero attached hydrogens (tertiary/aromatic N) is 1. The largest absolute Gasteiger partial charge is 0.329 e. The summed E-state index contributed by atoms with van der Waals surface area (Å²) in [4.78, 5) is 2.45. The Morgan fingerprint density at radius 3 is 2.28 bits per heavy atom. The van der Waals surface area contributed by atoms with Crippen LogP contribution in [0.15, 0.2) is 18.2 Å². The van der Waals surface area contributed by atoms with Crippen molar-refractivity contribution in [3.63, 3.8) is 0 Å². The van der Waals surface area contributed by atoms with Crippen LogP contribution in [-0.4, -0.2) is 24.5 Å². The van der Waals surface area contributed by atoms with E-state index in [0.29, 0.717) is 16.6 Å². The maximum Gasteiger partial charge on any atom is 0.0471 e. The fourth-order valence-electron chi connectivity index (χ4n) is 2.60. The van der Waals surface area contributed by atoms with E-state index in [-0.39, 0.29) is 6.04 Å². The zero-order valence-electron chi connectivity index (χ0n) is 10.7. The molecule has 1 aromatic carbocycles. The highest BCUT2D eigenvalue weighted by atomic mass is 35.5. The van der Waals surface area contributed by atoms with Gasteiger partial charge >= 0.3 is 0 Å². The zero-order valence-corrected chi connectivity index (χ0v) is 12.2. The first-order valence-electron chi connectivity index (χ1n) is 6.50. The fraction of sp³-hybridized carbons (Fsp3) is 0.571. The van der Waals surface area contributed by atoms with E-state index in [9.17, 15) is 0 Å². The first-order valence-corrected chi connectivity index (χ1v) is 7.26. The average Bonchev–Trinajstić information content (AvgIpc) is 2.31. The predicted molar refractivity (Wildman–Crippen MR) is 78.2 cm³/mol. The summed E-state index contributed by atoms with van der Waals surface area (Å²) in [6.45, 7) is 5.12. The summed E-state index contributed by atoms with van der Waals surface area (Å²) in [6.07, 6.45) is 2.48. The maximum atomic E-state index is 6.07. The lowest BCUT2D eigenvalue weighted by atomic mass is 9.96. The SMILES string of the molecule is CC1CCN(C(CN)c2cc(Cl)cc(Cl)c2)CC1. The van der Waals surface area contributed by atoms with Gasteiger partial charge in [0.05, 0.1) is 0 Å². The molecule has 1 heterocycles. The molecule has 0 amide bonds. The van der Waals surface area contributed by atoms with E-state index < -0.39 is 0 Å². The van der Waals surface area contributed by atoms with Crippen LogP contribution in [0, 0.1) is 5.92 Å². The first kappa shape index (κ1) is 14.1. The second-order valence-electron chi connectivity index (χ2n) is 5.17. The van der Waals surface area contributed by atoms with Crippen LogP contribution in [0.1, 0.15) is 31.4 Å². The Bertz CT molecular complexity index is 381. The molecule has 1 saturated heterocycles. The van der Waals surface area contributed by atoms with Crippen molar-refractivity contribution < 1.29 is 0 Å². The third-order valence-electron chi connectivity index (χ3n) is 3.75. The molecule has 0 bridgehead atoms. The molecule has 1 aliphatic rings. The number of hydrogen-bond donors (Lipinski definition) is 1. The molecule has 0 spiro atoms. The van der Waals surface area contributed by atoms with Gasteiger partial charge in [-0.3, -0.25) is 4.90 Å². The third-order valence-corrected chi connectivity index (χ3v) is 4.19. The van der Waals surface area contributed by atoms with E-state index in [4.69, 9.17) is 28.9 Å². The fourth-order valence-corrected chi connectivity index (χ4v) is 3.15. The van der Waals surface area contributed by atoms with Gasteiger partial charge in [0.25, 0.3) is 0 Å². The van der Waals surface area contributed by atoms with Crippen molar-refractivity contribution in [2.75, 3.05) is 19.6 Å². The Morgan fingerprint density at radius 1 is 1.22 bits per heavy atom. The van der Waals surface area contributed by atoms with Gasteiger partial charge in [0.1, 0.15) is 0 Å². The highest BCUT2D eigenvalue weighted by molar-refractivity contribution is 6.34. The molecule has 0 aromatic heterocycles. The number of benzene rings is 1. The minimum atomic E-state index is 0.230. The quantitative estimate of drug-likeness (QED) is 0.918. The van der Waals surface area contributed by atoms with Crippen LogP contribution in [0.3, 0.4) is 0 Å². The van der Waals surface area contributed by atoms with Crippen molar-refractivity contribution in [2.45, 2.75) is 25.8 Å². The van der Waals surface area contributed by atoms with E-state index in [0.717, 1.165) is 24.6 Å². The molecule has 0 radical (unpaired) electrons. The molecule has 2 nitrogen and oxygen atoms in total. The molecule has 2 N–H and O–H groups in total. The van der Waals surface area contributed by atoms with Crippen LogP contribution < -0.4 is 5.73 Å². The third kappa shape index (κ3) is 3.39. The van der Waals surface area contributed by atoms with Gasteiger partial charge in [-0.2, -0.15) is 0 Å². The van der Waals surface area contributed by atoms with E-state index in [1.165, 1.54) is 12.8 Å². The number of piperidine rings is 1. The lowest BCUT2D eigenvalue weighted by molar-refractivity contribution is 0.141. The number of hydrogen-bond acceptors (Lipinski definition) is 2. The van der Waals surface area contributed by atoms with Crippen LogP contribution in [0.2, 0.25) is 10.0 Å². The molecule has 1 aromatic rings. The lowest BCUT2D eigenvalue weighted by Gasteiger charge is -2.36. The Hall–Kier alpha value is -0.280. The van der Waals surface area contributed by atoms with Gasteiger partial charge in [-0.1, -0.05) is 30.1 Å². The monoisotopic (exact) mass is 286 g/mol. The molecular weight excluding hydrogens is 267 g/mol. The first-order chi connectivity index (χ1) is 8.60. The maximum absolute atomic E-state index is 6.07. The smallest absolute Gasteiger partial charge is 0.0471 e. The van der Waals surface area contributed by atoms with Crippen molar-refractivity contribution in [3.8, 4) is 0 Å². The van der Waals surface area contributed by atoms with E-state index >= 15 is 0 Å². The highest BCUT2D eigenvalue weighted by Crippen LogP contribution is 2.29. The standard InChI is InChI=1S/C14H20Cl2N2/c1-10-2-4-18(5-3-10)14(9-17)11-6-12(15)8-13(16)7-11/h6-8,10,14H,2-5,9,17H2,1H3. The van der Waals surface area contributed by atoms with Gasteiger partial charge in [-0.15, -0.1) is 0 Å². The van der Waals surface area contributed by atoms with Crippen LogP contribution >= 0.6 is 23.2 Å². The summed E-state index contributed by atoms with van der Waals surface area (Å²) < 4.78 is 0. The van der Waals surface area contributed by atoms with Crippen molar-refractivity contribution in [3.05, 3.63) is 33.8 Å². The predicted octanol–water partition coefficient (Wildman–Crippen LogP) is 3.73. The Balaban J connectivity index is 2.17. The molecule has 0 saturated carbocycles. The molecule has 4 heteroatoms. The van der Waals surface area contributed by atoms with Gasteiger partial charge in [0.15, 0.2) is 0 Å². The van der Waals surface area contributed by atoms with E-state index in [2.05, 4.69) is 11.8 Å². The van der Waals surface area contributed by atoms with Crippen molar-refractivity contribution in [2.24, 2.45) is 11.7 Å². The summed E-state index contributed by atoms with van der Waals surface area (Å²) in [6, 6.07) is 5.94. The van der Waals surface area contributed by atoms with Crippen LogP contribution in [0.25, 0.3) is 0 Å². The van der Waals surface area contributed by atoms with Crippen molar-refractivity contribution in [1.82, 2.24) is 4.90 Å². The summed E-state index contributed by atoms with van der Waals surface area (Å²) in [7, 11) is 0. The summed E-state index contributed by atoms with van der Waals surface area (Å²) in [5, 5.41) is 1.36. The molecule has 1 fully saturated rings. The molecule has 1 unspecified atom stereocenters. The second kappa shape index (κ2) is 6.25. The molecule has 1 atom stereocenters. The number of rotatable bonds is 3. The summed E-state index contributed by atoms with van der Waals surface area (Å²) >= 11 is 12.1. The van der Waals surface area contributed by atoms with E-state index in [1.54, 1.807) is 6.07 Å². The van der Waals surface area contributed by atoms with Crippen molar-refractivity contribution >= 4 is 23.2 Å². The van der Waals surface area contributed by atoms with Crippen LogP contribution in [0.5, 0.6) is 0 Å². The number of likely N-dealkylation sites (tertiary alicyclic amines) is 1. The van der Waals surface area contributed by atoms with E-state index in [1.807, 2.05) is 12.1 Å². The van der Waals surface area contributed by atoms with Gasteiger partial charge in [-0.25, -0.2) is 0 Å². The molecule has 18 heavy (non-hydrogen) atoms. The molecule has 1 aliphatic heterocycles.